The fourth-order valence-electron chi connectivity index (χ4n) is 3.86. The highest BCUT2D eigenvalue weighted by atomic mass is 32.2. The maximum Gasteiger partial charge on any atom is 0.433 e. The van der Waals surface area contributed by atoms with E-state index in [1.807, 2.05) is 0 Å². The fourth-order valence-corrected chi connectivity index (χ4v) is 4.69. The Balaban J connectivity index is 1.34. The van der Waals surface area contributed by atoms with Crippen molar-refractivity contribution < 1.29 is 36.5 Å². The molecule has 0 unspecified atom stereocenters. The first-order valence-corrected chi connectivity index (χ1v) is 12.4. The minimum Gasteiger partial charge on any atom is -0.442 e. The van der Waals surface area contributed by atoms with E-state index in [0.29, 0.717) is 18.8 Å². The van der Waals surface area contributed by atoms with Crippen LogP contribution in [-0.2, 0) is 14.8 Å². The number of hydrogen-bond acceptors (Lipinski definition) is 9. The van der Waals surface area contributed by atoms with E-state index >= 15 is 0 Å². The molecule has 2 aliphatic rings. The van der Waals surface area contributed by atoms with Gasteiger partial charge in [0, 0.05) is 26.2 Å². The Hall–Kier alpha value is -3.72. The van der Waals surface area contributed by atoms with Gasteiger partial charge in [0.25, 0.3) is 5.91 Å². The molecule has 0 saturated carbocycles. The lowest BCUT2D eigenvalue weighted by Crippen LogP contribution is -2.48. The number of halogens is 1. The number of rotatable bonds is 7. The molecule has 2 aliphatic heterocycles. The van der Waals surface area contributed by atoms with Crippen LogP contribution >= 0.6 is 0 Å². The van der Waals surface area contributed by atoms with E-state index in [1.165, 1.54) is 21.3 Å². The third kappa shape index (κ3) is 5.35. The summed E-state index contributed by atoms with van der Waals surface area (Å²) < 4.78 is 49.6. The maximum atomic E-state index is 14.9. The maximum absolute atomic E-state index is 14.9. The zero-order valence-electron chi connectivity index (χ0n) is 18.5. The number of hydrogen-bond donors (Lipinski definition) is 1. The summed E-state index contributed by atoms with van der Waals surface area (Å²) in [4.78, 5) is 37.3. The highest BCUT2D eigenvalue weighted by molar-refractivity contribution is 7.88. The first-order chi connectivity index (χ1) is 16.5. The van der Waals surface area contributed by atoms with E-state index in [9.17, 15) is 32.5 Å². The minimum absolute atomic E-state index is 0.0449. The summed E-state index contributed by atoms with van der Waals surface area (Å²) in [6, 6.07) is 6.49. The van der Waals surface area contributed by atoms with Crippen LogP contribution in [0.1, 0.15) is 10.6 Å². The van der Waals surface area contributed by atoms with E-state index in [4.69, 9.17) is 9.15 Å². The minimum atomic E-state index is -3.30. The Morgan fingerprint density at radius 2 is 1.94 bits per heavy atom. The Bertz CT molecular complexity index is 1260. The number of carbonyl (C=O) groups is 2. The number of sulfonamides is 1. The largest absolute Gasteiger partial charge is 0.442 e. The normalized spacial score (nSPS) is 19.0. The predicted octanol–water partition coefficient (Wildman–Crippen LogP) is 1.16. The van der Waals surface area contributed by atoms with Crippen molar-refractivity contribution in [3.05, 3.63) is 52.0 Å². The monoisotopic (exact) mass is 511 g/mol. The summed E-state index contributed by atoms with van der Waals surface area (Å²) in [6.45, 7) is 1.11. The Kier molecular flexibility index (Phi) is 6.62. The molecule has 2 fully saturated rings. The molecule has 15 heteroatoms. The Labute approximate surface area is 199 Å². The van der Waals surface area contributed by atoms with Crippen molar-refractivity contribution in [2.75, 3.05) is 55.3 Å². The lowest BCUT2D eigenvalue weighted by molar-refractivity contribution is -0.402. The summed E-state index contributed by atoms with van der Waals surface area (Å²) in [5.74, 6) is -2.11. The first-order valence-electron chi connectivity index (χ1n) is 10.5. The van der Waals surface area contributed by atoms with Crippen LogP contribution in [0.5, 0.6) is 0 Å². The highest BCUT2D eigenvalue weighted by Crippen LogP contribution is 2.28. The topological polar surface area (TPSA) is 156 Å². The lowest BCUT2D eigenvalue weighted by Gasteiger charge is -2.35. The van der Waals surface area contributed by atoms with Crippen LogP contribution in [0.2, 0.25) is 0 Å². The van der Waals surface area contributed by atoms with Gasteiger partial charge < -0.3 is 19.4 Å². The number of benzene rings is 1. The molecule has 0 aliphatic carbocycles. The Morgan fingerprint density at radius 1 is 1.23 bits per heavy atom. The average Bonchev–Trinajstić information content (AvgIpc) is 3.44. The van der Waals surface area contributed by atoms with Gasteiger partial charge in [-0.25, -0.2) is 17.6 Å². The number of amides is 2. The third-order valence-electron chi connectivity index (χ3n) is 5.65. The van der Waals surface area contributed by atoms with Crippen LogP contribution in [0.3, 0.4) is 0 Å². The standard InChI is InChI=1S/C20H22FN5O8S/c1-35(31,32)24-8-6-23(7-9-24)16-3-2-13(10-15(16)21)25-12-14(33-20(25)28)11-22-19(27)17-4-5-18(34-17)26(29)30/h2-5,10,14H,6-9,11-12H2,1H3,(H,22,27)/t14-/m0/s1. The molecule has 4 rings (SSSR count). The lowest BCUT2D eigenvalue weighted by atomic mass is 10.2. The van der Waals surface area contributed by atoms with Gasteiger partial charge in [0.1, 0.15) is 16.8 Å². The van der Waals surface area contributed by atoms with Crippen LogP contribution in [-0.4, -0.2) is 81.3 Å². The van der Waals surface area contributed by atoms with Gasteiger partial charge in [-0.2, -0.15) is 4.31 Å². The number of nitrogens with one attached hydrogen (secondary N) is 1. The zero-order valence-corrected chi connectivity index (χ0v) is 19.4. The average molecular weight is 511 g/mol. The van der Waals surface area contributed by atoms with Gasteiger partial charge in [0.15, 0.2) is 5.76 Å². The van der Waals surface area contributed by atoms with Gasteiger partial charge in [0.2, 0.25) is 10.0 Å². The summed E-state index contributed by atoms with van der Waals surface area (Å²) in [5.41, 5.74) is 0.562. The molecule has 2 saturated heterocycles. The molecule has 3 heterocycles. The van der Waals surface area contributed by atoms with Gasteiger partial charge in [-0.3, -0.25) is 19.8 Å². The van der Waals surface area contributed by atoms with Gasteiger partial charge >= 0.3 is 12.0 Å². The number of ether oxygens (including phenoxy) is 1. The Morgan fingerprint density at radius 3 is 2.54 bits per heavy atom. The molecular formula is C20H22FN5O8S. The van der Waals surface area contributed by atoms with Crippen LogP contribution in [0.25, 0.3) is 0 Å². The smallest absolute Gasteiger partial charge is 0.433 e. The third-order valence-corrected chi connectivity index (χ3v) is 6.95. The molecule has 1 aromatic heterocycles. The molecule has 35 heavy (non-hydrogen) atoms. The van der Waals surface area contributed by atoms with Crippen molar-refractivity contribution in [1.82, 2.24) is 9.62 Å². The number of nitro groups is 1. The van der Waals surface area contributed by atoms with Crippen LogP contribution in [0, 0.1) is 15.9 Å². The summed E-state index contributed by atoms with van der Waals surface area (Å²) in [7, 11) is -3.30. The quantitative estimate of drug-likeness (QED) is 0.426. The van der Waals surface area contributed by atoms with Crippen molar-refractivity contribution in [2.45, 2.75) is 6.10 Å². The molecule has 0 spiro atoms. The molecule has 188 valence electrons. The molecule has 1 aromatic carbocycles. The highest BCUT2D eigenvalue weighted by Gasteiger charge is 2.34. The van der Waals surface area contributed by atoms with Crippen molar-refractivity contribution in [3.8, 4) is 0 Å². The number of piperazine rings is 1. The predicted molar refractivity (Wildman–Crippen MR) is 120 cm³/mol. The number of carbonyl (C=O) groups excluding carboxylic acids is 2. The van der Waals surface area contributed by atoms with Gasteiger partial charge in [-0.1, -0.05) is 0 Å². The molecule has 13 nitrogen and oxygen atoms in total. The second-order valence-electron chi connectivity index (χ2n) is 8.01. The molecule has 1 N–H and O–H groups in total. The van der Waals surface area contributed by atoms with Gasteiger partial charge in [-0.15, -0.1) is 0 Å². The summed E-state index contributed by atoms with van der Waals surface area (Å²) in [5, 5.41) is 13.1. The molecule has 2 aromatic rings. The van der Waals surface area contributed by atoms with Crippen molar-refractivity contribution in [3.63, 3.8) is 0 Å². The fraction of sp³-hybridized carbons (Fsp3) is 0.400. The van der Waals surface area contributed by atoms with E-state index in [0.717, 1.165) is 18.4 Å². The van der Waals surface area contributed by atoms with Gasteiger partial charge in [-0.05, 0) is 24.3 Å². The molecule has 2 amide bonds. The van der Waals surface area contributed by atoms with E-state index in [-0.39, 0.29) is 37.6 Å². The van der Waals surface area contributed by atoms with Gasteiger partial charge in [0.05, 0.1) is 36.8 Å². The molecule has 0 bridgehead atoms. The van der Waals surface area contributed by atoms with Crippen LogP contribution in [0.4, 0.5) is 26.4 Å². The van der Waals surface area contributed by atoms with E-state index in [1.54, 1.807) is 11.0 Å². The van der Waals surface area contributed by atoms with Crippen molar-refractivity contribution in [2.24, 2.45) is 0 Å². The first kappa shape index (κ1) is 24.4. The zero-order chi connectivity index (χ0) is 25.3. The van der Waals surface area contributed by atoms with Crippen molar-refractivity contribution in [1.29, 1.82) is 0 Å². The molecule has 0 radical (unpaired) electrons. The molecule has 1 atom stereocenters. The van der Waals surface area contributed by atoms with E-state index < -0.39 is 44.8 Å². The van der Waals surface area contributed by atoms with Crippen LogP contribution in [0.15, 0.2) is 34.7 Å². The second-order valence-corrected chi connectivity index (χ2v) is 9.99. The summed E-state index contributed by atoms with van der Waals surface area (Å²) in [6.07, 6.45) is -0.315. The van der Waals surface area contributed by atoms with E-state index in [2.05, 4.69) is 5.32 Å². The van der Waals surface area contributed by atoms with Crippen LogP contribution < -0.4 is 15.1 Å². The number of nitrogens with zero attached hydrogens (tertiary/aromatic N) is 4. The number of furan rings is 1. The SMILES string of the molecule is CS(=O)(=O)N1CCN(c2ccc(N3C[C@H](CNC(=O)c4ccc([N+](=O)[O-])o4)OC3=O)cc2F)CC1. The number of cyclic esters (lactones) is 1. The van der Waals surface area contributed by atoms with Crippen molar-refractivity contribution >= 4 is 39.3 Å². The summed E-state index contributed by atoms with van der Waals surface area (Å²) >= 11 is 0. The second kappa shape index (κ2) is 9.50. The number of anilines is 2. The molecular weight excluding hydrogens is 489 g/mol.